The largest absolute Gasteiger partial charge is 0.368 e. The van der Waals surface area contributed by atoms with Crippen molar-refractivity contribution in [1.82, 2.24) is 15.3 Å². The lowest BCUT2D eigenvalue weighted by Gasteiger charge is -2.09. The highest BCUT2D eigenvalue weighted by Gasteiger charge is 2.13. The second-order valence-electron chi connectivity index (χ2n) is 3.64. The van der Waals surface area contributed by atoms with Crippen LogP contribution in [0.1, 0.15) is 12.1 Å². The predicted octanol–water partition coefficient (Wildman–Crippen LogP) is 0.370. The van der Waals surface area contributed by atoms with E-state index in [2.05, 4.69) is 20.6 Å². The Morgan fingerprint density at radius 3 is 3.07 bits per heavy atom. The smallest absolute Gasteiger partial charge is 0.158 e. The molecule has 0 spiro atoms. The van der Waals surface area contributed by atoms with Gasteiger partial charge in [-0.15, -0.1) is 0 Å². The van der Waals surface area contributed by atoms with Gasteiger partial charge in [-0.25, -0.2) is 9.97 Å². The first-order chi connectivity index (χ1) is 7.38. The van der Waals surface area contributed by atoms with Crippen LogP contribution < -0.4 is 10.6 Å². The number of rotatable bonds is 3. The van der Waals surface area contributed by atoms with Crippen LogP contribution in [-0.2, 0) is 0 Å². The Balaban J connectivity index is 1.85. The monoisotopic (exact) mass is 203 g/mol. The van der Waals surface area contributed by atoms with Gasteiger partial charge in [-0.3, -0.25) is 0 Å². The van der Waals surface area contributed by atoms with Crippen molar-refractivity contribution in [3.63, 3.8) is 0 Å². The van der Waals surface area contributed by atoms with Crippen molar-refractivity contribution in [1.29, 1.82) is 5.26 Å². The normalized spacial score (nSPS) is 19.8. The summed E-state index contributed by atoms with van der Waals surface area (Å²) in [6, 6.07) is 1.94. The maximum absolute atomic E-state index is 8.55. The van der Waals surface area contributed by atoms with E-state index in [9.17, 15) is 0 Å². The Bertz CT molecular complexity index is 347. The third-order valence-corrected chi connectivity index (χ3v) is 2.50. The summed E-state index contributed by atoms with van der Waals surface area (Å²) < 4.78 is 0. The highest BCUT2D eigenvalue weighted by molar-refractivity contribution is 5.33. The van der Waals surface area contributed by atoms with Gasteiger partial charge < -0.3 is 10.6 Å². The average molecular weight is 203 g/mol. The molecule has 5 heteroatoms. The van der Waals surface area contributed by atoms with Crippen LogP contribution in [0.5, 0.6) is 0 Å². The number of hydrogen-bond donors (Lipinski definition) is 2. The van der Waals surface area contributed by atoms with Crippen LogP contribution in [0, 0.1) is 17.2 Å². The molecule has 2 N–H and O–H groups in total. The van der Waals surface area contributed by atoms with Crippen molar-refractivity contribution in [3.8, 4) is 6.07 Å². The van der Waals surface area contributed by atoms with Crippen LogP contribution in [0.3, 0.4) is 0 Å². The molecule has 0 amide bonds. The topological polar surface area (TPSA) is 73.6 Å². The number of aromatic nitrogens is 2. The fourth-order valence-corrected chi connectivity index (χ4v) is 1.61. The van der Waals surface area contributed by atoms with Gasteiger partial charge >= 0.3 is 0 Å². The SMILES string of the molecule is N#Cc1cnc(NCC2CCNC2)cn1. The molecule has 1 atom stereocenters. The fourth-order valence-electron chi connectivity index (χ4n) is 1.61. The van der Waals surface area contributed by atoms with Gasteiger partial charge in [0.25, 0.3) is 0 Å². The Kier molecular flexibility index (Phi) is 3.10. The van der Waals surface area contributed by atoms with Crippen LogP contribution in [0.4, 0.5) is 5.82 Å². The van der Waals surface area contributed by atoms with Crippen molar-refractivity contribution < 1.29 is 0 Å². The van der Waals surface area contributed by atoms with Crippen molar-refractivity contribution >= 4 is 5.82 Å². The molecule has 0 bridgehead atoms. The molecule has 1 aliphatic heterocycles. The Morgan fingerprint density at radius 1 is 1.53 bits per heavy atom. The van der Waals surface area contributed by atoms with E-state index >= 15 is 0 Å². The number of nitriles is 1. The van der Waals surface area contributed by atoms with Crippen LogP contribution in [0.2, 0.25) is 0 Å². The van der Waals surface area contributed by atoms with Crippen molar-refractivity contribution in [3.05, 3.63) is 18.1 Å². The molecule has 0 aromatic carbocycles. The third kappa shape index (κ3) is 2.64. The van der Waals surface area contributed by atoms with Gasteiger partial charge in [0.1, 0.15) is 11.9 Å². The molecule has 0 radical (unpaired) electrons. The maximum atomic E-state index is 8.55. The molecule has 78 valence electrons. The molecule has 0 aliphatic carbocycles. The molecule has 1 fully saturated rings. The molecule has 2 heterocycles. The third-order valence-electron chi connectivity index (χ3n) is 2.50. The Morgan fingerprint density at radius 2 is 2.47 bits per heavy atom. The van der Waals surface area contributed by atoms with Crippen molar-refractivity contribution in [2.45, 2.75) is 6.42 Å². The molecule has 5 nitrogen and oxygen atoms in total. The van der Waals surface area contributed by atoms with Crippen LogP contribution >= 0.6 is 0 Å². The van der Waals surface area contributed by atoms with E-state index in [1.165, 1.54) is 12.6 Å². The Hall–Kier alpha value is -1.67. The highest BCUT2D eigenvalue weighted by Crippen LogP contribution is 2.08. The summed E-state index contributed by atoms with van der Waals surface area (Å²) in [5, 5.41) is 15.1. The molecular weight excluding hydrogens is 190 g/mol. The molecule has 0 saturated carbocycles. The molecule has 1 aliphatic rings. The molecule has 1 saturated heterocycles. The summed E-state index contributed by atoms with van der Waals surface area (Å²) in [5.41, 5.74) is 0.350. The second kappa shape index (κ2) is 4.71. The first-order valence-corrected chi connectivity index (χ1v) is 5.05. The molecule has 15 heavy (non-hydrogen) atoms. The average Bonchev–Trinajstić information content (AvgIpc) is 2.80. The maximum Gasteiger partial charge on any atom is 0.158 e. The van der Waals surface area contributed by atoms with E-state index in [0.717, 1.165) is 25.5 Å². The van der Waals surface area contributed by atoms with Gasteiger partial charge in [0.05, 0.1) is 12.4 Å². The summed E-state index contributed by atoms with van der Waals surface area (Å²) >= 11 is 0. The van der Waals surface area contributed by atoms with E-state index in [0.29, 0.717) is 11.6 Å². The van der Waals surface area contributed by atoms with E-state index in [-0.39, 0.29) is 0 Å². The second-order valence-corrected chi connectivity index (χ2v) is 3.64. The predicted molar refractivity (Wildman–Crippen MR) is 56.2 cm³/mol. The van der Waals surface area contributed by atoms with Gasteiger partial charge in [-0.05, 0) is 25.4 Å². The minimum Gasteiger partial charge on any atom is -0.368 e. The molecule has 1 aromatic rings. The molecule has 1 aromatic heterocycles. The van der Waals surface area contributed by atoms with Crippen molar-refractivity contribution in [2.75, 3.05) is 25.0 Å². The summed E-state index contributed by atoms with van der Waals surface area (Å²) in [7, 11) is 0. The fraction of sp³-hybridized carbons (Fsp3) is 0.500. The zero-order valence-corrected chi connectivity index (χ0v) is 8.40. The Labute approximate surface area is 88.5 Å². The zero-order chi connectivity index (χ0) is 10.5. The van der Waals surface area contributed by atoms with E-state index in [1.807, 2.05) is 6.07 Å². The summed E-state index contributed by atoms with van der Waals surface area (Å²) in [6.07, 6.45) is 4.28. The molecule has 1 unspecified atom stereocenters. The first-order valence-electron chi connectivity index (χ1n) is 5.05. The van der Waals surface area contributed by atoms with Crippen LogP contribution in [0.25, 0.3) is 0 Å². The van der Waals surface area contributed by atoms with Gasteiger partial charge in [0.15, 0.2) is 5.69 Å². The number of nitrogens with one attached hydrogen (secondary N) is 2. The van der Waals surface area contributed by atoms with Gasteiger partial charge in [0, 0.05) is 6.54 Å². The lowest BCUT2D eigenvalue weighted by molar-refractivity contribution is 0.614. The number of anilines is 1. The molecular formula is C10H13N5. The van der Waals surface area contributed by atoms with E-state index in [1.54, 1.807) is 6.20 Å². The summed E-state index contributed by atoms with van der Waals surface area (Å²) in [4.78, 5) is 8.03. The van der Waals surface area contributed by atoms with Crippen molar-refractivity contribution in [2.24, 2.45) is 5.92 Å². The van der Waals surface area contributed by atoms with Gasteiger partial charge in [-0.1, -0.05) is 0 Å². The lowest BCUT2D eigenvalue weighted by Crippen LogP contribution is -2.17. The minimum absolute atomic E-state index is 0.350. The zero-order valence-electron chi connectivity index (χ0n) is 8.40. The van der Waals surface area contributed by atoms with Gasteiger partial charge in [-0.2, -0.15) is 5.26 Å². The highest BCUT2D eigenvalue weighted by atomic mass is 15.0. The lowest BCUT2D eigenvalue weighted by atomic mass is 10.1. The van der Waals surface area contributed by atoms with E-state index in [4.69, 9.17) is 5.26 Å². The van der Waals surface area contributed by atoms with Crippen LogP contribution in [0.15, 0.2) is 12.4 Å². The number of hydrogen-bond acceptors (Lipinski definition) is 5. The summed E-state index contributed by atoms with van der Waals surface area (Å²) in [5.74, 6) is 1.41. The molecule has 2 rings (SSSR count). The minimum atomic E-state index is 0.350. The number of nitrogens with zero attached hydrogens (tertiary/aromatic N) is 3. The first kappa shape index (κ1) is 9.87. The van der Waals surface area contributed by atoms with Crippen LogP contribution in [-0.4, -0.2) is 29.6 Å². The standard InChI is InChI=1S/C10H13N5/c11-3-9-6-15-10(7-13-9)14-5-8-1-2-12-4-8/h6-8,12H,1-2,4-5H2,(H,14,15). The quantitative estimate of drug-likeness (QED) is 0.742. The summed E-state index contributed by atoms with van der Waals surface area (Å²) in [6.45, 7) is 3.08. The van der Waals surface area contributed by atoms with Gasteiger partial charge in [0.2, 0.25) is 0 Å². The van der Waals surface area contributed by atoms with E-state index < -0.39 is 0 Å².